The summed E-state index contributed by atoms with van der Waals surface area (Å²) in [6, 6.07) is 7.77. The first kappa shape index (κ1) is 12.6. The van der Waals surface area contributed by atoms with Gasteiger partial charge < -0.3 is 4.74 Å². The van der Waals surface area contributed by atoms with Crippen LogP contribution in [0.1, 0.15) is 33.3 Å². The van der Waals surface area contributed by atoms with Crippen LogP contribution in [0.25, 0.3) is 0 Å². The van der Waals surface area contributed by atoms with Gasteiger partial charge in [-0.05, 0) is 24.0 Å². The van der Waals surface area contributed by atoms with E-state index in [2.05, 4.69) is 26.1 Å². The fraction of sp³-hybridized carbons (Fsp3) is 0.462. The SMILES string of the molecule is CCOC(=O)Nc1ccccc1C(C)(C)C. The maximum absolute atomic E-state index is 11.4. The molecule has 0 bridgehead atoms. The van der Waals surface area contributed by atoms with E-state index in [1.54, 1.807) is 6.92 Å². The molecule has 0 aliphatic heterocycles. The van der Waals surface area contributed by atoms with Crippen LogP contribution in [0.4, 0.5) is 10.5 Å². The molecule has 16 heavy (non-hydrogen) atoms. The van der Waals surface area contributed by atoms with E-state index in [9.17, 15) is 4.79 Å². The number of nitrogens with one attached hydrogen (secondary N) is 1. The molecule has 3 heteroatoms. The molecule has 88 valence electrons. The van der Waals surface area contributed by atoms with E-state index in [1.807, 2.05) is 24.3 Å². The van der Waals surface area contributed by atoms with E-state index in [0.717, 1.165) is 11.3 Å². The van der Waals surface area contributed by atoms with Crippen molar-refractivity contribution in [3.05, 3.63) is 29.8 Å². The van der Waals surface area contributed by atoms with Crippen molar-refractivity contribution in [2.24, 2.45) is 0 Å². The molecular weight excluding hydrogens is 202 g/mol. The predicted octanol–water partition coefficient (Wildman–Crippen LogP) is 3.55. The minimum atomic E-state index is -0.404. The number of hydrogen-bond donors (Lipinski definition) is 1. The quantitative estimate of drug-likeness (QED) is 0.829. The van der Waals surface area contributed by atoms with Crippen molar-refractivity contribution >= 4 is 11.8 Å². The molecule has 0 spiro atoms. The lowest BCUT2D eigenvalue weighted by atomic mass is 9.86. The molecule has 0 aliphatic carbocycles. The summed E-state index contributed by atoms with van der Waals surface area (Å²) in [5.74, 6) is 0. The number of benzene rings is 1. The summed E-state index contributed by atoms with van der Waals surface area (Å²) >= 11 is 0. The summed E-state index contributed by atoms with van der Waals surface area (Å²) in [5, 5.41) is 2.76. The van der Waals surface area contributed by atoms with Crippen LogP contribution in [0.15, 0.2) is 24.3 Å². The van der Waals surface area contributed by atoms with E-state index < -0.39 is 6.09 Å². The molecule has 1 amide bonds. The molecule has 0 saturated carbocycles. The number of anilines is 1. The van der Waals surface area contributed by atoms with Crippen LogP contribution in [-0.2, 0) is 10.2 Å². The van der Waals surface area contributed by atoms with Crippen molar-refractivity contribution in [1.29, 1.82) is 0 Å². The Morgan fingerprint density at radius 2 is 1.94 bits per heavy atom. The average molecular weight is 221 g/mol. The second kappa shape index (κ2) is 5.01. The maximum Gasteiger partial charge on any atom is 0.411 e. The van der Waals surface area contributed by atoms with Crippen LogP contribution in [0.3, 0.4) is 0 Å². The number of carbonyl (C=O) groups excluding carboxylic acids is 1. The maximum atomic E-state index is 11.4. The van der Waals surface area contributed by atoms with E-state index in [0.29, 0.717) is 6.61 Å². The fourth-order valence-electron chi connectivity index (χ4n) is 1.52. The zero-order valence-corrected chi connectivity index (χ0v) is 10.3. The van der Waals surface area contributed by atoms with Crippen molar-refractivity contribution < 1.29 is 9.53 Å². The van der Waals surface area contributed by atoms with E-state index in [4.69, 9.17) is 4.74 Å². The van der Waals surface area contributed by atoms with Gasteiger partial charge in [0.2, 0.25) is 0 Å². The summed E-state index contributed by atoms with van der Waals surface area (Å²) in [7, 11) is 0. The molecule has 0 atom stereocenters. The van der Waals surface area contributed by atoms with Gasteiger partial charge in [-0.3, -0.25) is 5.32 Å². The number of para-hydroxylation sites is 1. The fourth-order valence-corrected chi connectivity index (χ4v) is 1.52. The zero-order chi connectivity index (χ0) is 12.2. The van der Waals surface area contributed by atoms with Gasteiger partial charge in [-0.25, -0.2) is 4.79 Å². The normalized spacial score (nSPS) is 11.0. The summed E-state index contributed by atoms with van der Waals surface area (Å²) in [6.07, 6.45) is -0.404. The zero-order valence-electron chi connectivity index (χ0n) is 10.3. The highest BCUT2D eigenvalue weighted by molar-refractivity contribution is 5.85. The third-order valence-corrected chi connectivity index (χ3v) is 2.25. The van der Waals surface area contributed by atoms with Crippen LogP contribution in [0.2, 0.25) is 0 Å². The first-order valence-electron chi connectivity index (χ1n) is 5.48. The number of hydrogen-bond acceptors (Lipinski definition) is 2. The predicted molar refractivity (Wildman–Crippen MR) is 65.8 cm³/mol. The Hall–Kier alpha value is -1.51. The number of ether oxygens (including phenoxy) is 1. The Balaban J connectivity index is 2.92. The largest absolute Gasteiger partial charge is 0.450 e. The van der Waals surface area contributed by atoms with Crippen molar-refractivity contribution in [2.45, 2.75) is 33.1 Å². The van der Waals surface area contributed by atoms with Crippen LogP contribution in [0, 0.1) is 0 Å². The van der Waals surface area contributed by atoms with Gasteiger partial charge in [-0.1, -0.05) is 39.0 Å². The van der Waals surface area contributed by atoms with E-state index in [1.165, 1.54) is 0 Å². The number of carbonyl (C=O) groups is 1. The number of rotatable bonds is 2. The van der Waals surface area contributed by atoms with Crippen LogP contribution in [0.5, 0.6) is 0 Å². The van der Waals surface area contributed by atoms with Crippen LogP contribution < -0.4 is 5.32 Å². The monoisotopic (exact) mass is 221 g/mol. The molecule has 0 unspecified atom stereocenters. The Labute approximate surface area is 96.8 Å². The van der Waals surface area contributed by atoms with Gasteiger partial charge in [-0.2, -0.15) is 0 Å². The lowest BCUT2D eigenvalue weighted by Gasteiger charge is -2.22. The van der Waals surface area contributed by atoms with Crippen molar-refractivity contribution in [3.8, 4) is 0 Å². The summed E-state index contributed by atoms with van der Waals surface area (Å²) in [5.41, 5.74) is 1.91. The summed E-state index contributed by atoms with van der Waals surface area (Å²) in [4.78, 5) is 11.4. The first-order chi connectivity index (χ1) is 7.45. The minimum absolute atomic E-state index is 0.00388. The van der Waals surface area contributed by atoms with Crippen LogP contribution in [-0.4, -0.2) is 12.7 Å². The van der Waals surface area contributed by atoms with Gasteiger partial charge in [0, 0.05) is 5.69 Å². The molecule has 1 aromatic carbocycles. The highest BCUT2D eigenvalue weighted by atomic mass is 16.5. The highest BCUT2D eigenvalue weighted by Crippen LogP contribution is 2.29. The molecule has 0 radical (unpaired) electrons. The van der Waals surface area contributed by atoms with Gasteiger partial charge in [0.1, 0.15) is 0 Å². The highest BCUT2D eigenvalue weighted by Gasteiger charge is 2.18. The van der Waals surface area contributed by atoms with Crippen molar-refractivity contribution in [3.63, 3.8) is 0 Å². The molecule has 1 rings (SSSR count). The third-order valence-electron chi connectivity index (χ3n) is 2.25. The van der Waals surface area contributed by atoms with Gasteiger partial charge >= 0.3 is 6.09 Å². The molecule has 0 aromatic heterocycles. The molecule has 3 nitrogen and oxygen atoms in total. The Kier molecular flexibility index (Phi) is 3.93. The molecule has 0 saturated heterocycles. The van der Waals surface area contributed by atoms with Gasteiger partial charge in [0.15, 0.2) is 0 Å². The Bertz CT molecular complexity index is 366. The van der Waals surface area contributed by atoms with Gasteiger partial charge in [-0.15, -0.1) is 0 Å². The second-order valence-corrected chi connectivity index (χ2v) is 4.64. The molecule has 1 aromatic rings. The average Bonchev–Trinajstić information content (AvgIpc) is 2.17. The van der Waals surface area contributed by atoms with E-state index >= 15 is 0 Å². The Morgan fingerprint density at radius 3 is 2.50 bits per heavy atom. The minimum Gasteiger partial charge on any atom is -0.450 e. The molecule has 0 heterocycles. The lowest BCUT2D eigenvalue weighted by molar-refractivity contribution is 0.168. The van der Waals surface area contributed by atoms with Crippen molar-refractivity contribution in [2.75, 3.05) is 11.9 Å². The van der Waals surface area contributed by atoms with Gasteiger partial charge in [0.25, 0.3) is 0 Å². The second-order valence-electron chi connectivity index (χ2n) is 4.64. The smallest absolute Gasteiger partial charge is 0.411 e. The molecule has 1 N–H and O–H groups in total. The summed E-state index contributed by atoms with van der Waals surface area (Å²) in [6.45, 7) is 8.49. The van der Waals surface area contributed by atoms with E-state index in [-0.39, 0.29) is 5.41 Å². The van der Waals surface area contributed by atoms with Gasteiger partial charge in [0.05, 0.1) is 6.61 Å². The summed E-state index contributed by atoms with van der Waals surface area (Å²) < 4.78 is 4.86. The number of amides is 1. The topological polar surface area (TPSA) is 38.3 Å². The standard InChI is InChI=1S/C13H19NO2/c1-5-16-12(15)14-11-9-7-6-8-10(11)13(2,3)4/h6-9H,5H2,1-4H3,(H,14,15). The molecule has 0 aliphatic rings. The lowest BCUT2D eigenvalue weighted by Crippen LogP contribution is -2.19. The van der Waals surface area contributed by atoms with Crippen molar-refractivity contribution in [1.82, 2.24) is 0 Å². The third kappa shape index (κ3) is 3.26. The molecular formula is C13H19NO2. The first-order valence-corrected chi connectivity index (χ1v) is 5.48. The molecule has 0 fully saturated rings. The van der Waals surface area contributed by atoms with Crippen LogP contribution >= 0.6 is 0 Å². The Morgan fingerprint density at radius 1 is 1.31 bits per heavy atom.